The lowest BCUT2D eigenvalue weighted by Crippen LogP contribution is -2.04. The van der Waals surface area contributed by atoms with Crippen LogP contribution in [0.15, 0.2) is 18.5 Å². The fourth-order valence-electron chi connectivity index (χ4n) is 1.48. The van der Waals surface area contributed by atoms with Gasteiger partial charge in [0.15, 0.2) is 0 Å². The van der Waals surface area contributed by atoms with Crippen molar-refractivity contribution in [3.63, 3.8) is 0 Å². The molecule has 3 heteroatoms. The molecule has 1 fully saturated rings. The number of carbonyl (C=O) groups is 1. The lowest BCUT2D eigenvalue weighted by Gasteiger charge is -2.01. The first-order valence-electron chi connectivity index (χ1n) is 4.86. The Balaban J connectivity index is 1.95. The monoisotopic (exact) mass is 209 g/mol. The van der Waals surface area contributed by atoms with Crippen LogP contribution in [0, 0.1) is 5.92 Å². The normalized spacial score (nSPS) is 15.5. The minimum Gasteiger partial charge on any atom is -0.299 e. The smallest absolute Gasteiger partial charge is 0.137 e. The maximum Gasteiger partial charge on any atom is 0.137 e. The quantitative estimate of drug-likeness (QED) is 0.763. The van der Waals surface area contributed by atoms with Gasteiger partial charge in [-0.05, 0) is 30.4 Å². The molecule has 0 N–H and O–H groups in total. The number of rotatable bonds is 4. The molecule has 2 rings (SSSR count). The van der Waals surface area contributed by atoms with Gasteiger partial charge in [-0.25, -0.2) is 0 Å². The molecule has 0 aromatic carbocycles. The number of nitrogens with zero attached hydrogens (tertiary/aromatic N) is 1. The molecule has 1 aromatic heterocycles. The third kappa shape index (κ3) is 2.55. The molecular formula is C11H12ClNO. The summed E-state index contributed by atoms with van der Waals surface area (Å²) in [7, 11) is 0. The molecule has 2 nitrogen and oxygen atoms in total. The summed E-state index contributed by atoms with van der Waals surface area (Å²) < 4.78 is 0. The number of aromatic nitrogens is 1. The molecule has 0 spiro atoms. The van der Waals surface area contributed by atoms with E-state index in [0.29, 0.717) is 23.1 Å². The Hall–Kier alpha value is -0.890. The van der Waals surface area contributed by atoms with Gasteiger partial charge < -0.3 is 0 Å². The van der Waals surface area contributed by atoms with Crippen LogP contribution in [0.25, 0.3) is 0 Å². The number of hydrogen-bond acceptors (Lipinski definition) is 2. The Morgan fingerprint density at radius 2 is 2.36 bits per heavy atom. The van der Waals surface area contributed by atoms with Crippen molar-refractivity contribution >= 4 is 17.4 Å². The number of carbonyl (C=O) groups excluding carboxylic acids is 1. The molecule has 1 aromatic rings. The predicted molar refractivity (Wildman–Crippen MR) is 55.3 cm³/mol. The largest absolute Gasteiger partial charge is 0.299 e. The second kappa shape index (κ2) is 4.09. The first-order chi connectivity index (χ1) is 6.75. The lowest BCUT2D eigenvalue weighted by atomic mass is 10.1. The van der Waals surface area contributed by atoms with Crippen LogP contribution >= 0.6 is 11.6 Å². The van der Waals surface area contributed by atoms with Crippen LogP contribution in [-0.4, -0.2) is 10.8 Å². The van der Waals surface area contributed by atoms with Gasteiger partial charge in [0.2, 0.25) is 0 Å². The van der Waals surface area contributed by atoms with Gasteiger partial charge in [-0.3, -0.25) is 9.78 Å². The number of pyridine rings is 1. The highest BCUT2D eigenvalue weighted by atomic mass is 35.5. The van der Waals surface area contributed by atoms with Crippen LogP contribution < -0.4 is 0 Å². The van der Waals surface area contributed by atoms with E-state index in [1.807, 2.05) is 6.07 Å². The van der Waals surface area contributed by atoms with Gasteiger partial charge in [-0.2, -0.15) is 0 Å². The van der Waals surface area contributed by atoms with Crippen LogP contribution in [0.4, 0.5) is 0 Å². The Labute approximate surface area is 88.3 Å². The fraction of sp³-hybridized carbons (Fsp3) is 0.455. The van der Waals surface area contributed by atoms with Gasteiger partial charge >= 0.3 is 0 Å². The second-order valence-electron chi connectivity index (χ2n) is 3.83. The molecule has 0 unspecified atom stereocenters. The lowest BCUT2D eigenvalue weighted by molar-refractivity contribution is -0.118. The van der Waals surface area contributed by atoms with E-state index in [-0.39, 0.29) is 0 Å². The van der Waals surface area contributed by atoms with Gasteiger partial charge in [-0.1, -0.05) is 11.6 Å². The second-order valence-corrected chi connectivity index (χ2v) is 4.24. The molecule has 0 amide bonds. The molecular weight excluding hydrogens is 198 g/mol. The summed E-state index contributed by atoms with van der Waals surface area (Å²) in [6.45, 7) is 0. The zero-order valence-corrected chi connectivity index (χ0v) is 8.63. The highest BCUT2D eigenvalue weighted by molar-refractivity contribution is 6.31. The molecule has 1 aliphatic rings. The summed E-state index contributed by atoms with van der Waals surface area (Å²) in [5.41, 5.74) is 0.896. The number of halogens is 1. The average molecular weight is 210 g/mol. The summed E-state index contributed by atoms with van der Waals surface area (Å²) in [6.07, 6.45) is 6.87. The number of hydrogen-bond donors (Lipinski definition) is 0. The number of ketones is 1. The van der Waals surface area contributed by atoms with Crippen molar-refractivity contribution < 1.29 is 4.79 Å². The van der Waals surface area contributed by atoms with Crippen molar-refractivity contribution in [2.75, 3.05) is 0 Å². The van der Waals surface area contributed by atoms with Crippen molar-refractivity contribution in [3.05, 3.63) is 29.0 Å². The Kier molecular flexibility index (Phi) is 2.82. The molecule has 14 heavy (non-hydrogen) atoms. The maximum atomic E-state index is 11.5. The van der Waals surface area contributed by atoms with Crippen molar-refractivity contribution in [1.29, 1.82) is 0 Å². The van der Waals surface area contributed by atoms with Crippen LogP contribution in [0.5, 0.6) is 0 Å². The Morgan fingerprint density at radius 1 is 1.57 bits per heavy atom. The standard InChI is InChI=1S/C11H12ClNO/c12-11-7-13-4-3-9(11)6-10(14)5-8-1-2-8/h3-4,7-8H,1-2,5-6H2. The third-order valence-electron chi connectivity index (χ3n) is 2.46. The van der Waals surface area contributed by atoms with E-state index in [4.69, 9.17) is 11.6 Å². The van der Waals surface area contributed by atoms with Gasteiger partial charge in [0, 0.05) is 25.2 Å². The maximum absolute atomic E-state index is 11.5. The summed E-state index contributed by atoms with van der Waals surface area (Å²) in [6, 6.07) is 1.81. The van der Waals surface area contributed by atoms with Gasteiger partial charge in [0.05, 0.1) is 5.02 Å². The topological polar surface area (TPSA) is 30.0 Å². The van der Waals surface area contributed by atoms with E-state index in [0.717, 1.165) is 12.0 Å². The molecule has 0 aliphatic heterocycles. The van der Waals surface area contributed by atoms with Gasteiger partial charge in [0.1, 0.15) is 5.78 Å². The Morgan fingerprint density at radius 3 is 3.00 bits per heavy atom. The first-order valence-corrected chi connectivity index (χ1v) is 5.23. The molecule has 0 bridgehead atoms. The van der Waals surface area contributed by atoms with Crippen molar-refractivity contribution in [2.24, 2.45) is 5.92 Å². The molecule has 1 aliphatic carbocycles. The predicted octanol–water partition coefficient (Wildman–Crippen LogP) is 2.65. The summed E-state index contributed by atoms with van der Waals surface area (Å²) in [5.74, 6) is 0.948. The molecule has 1 saturated carbocycles. The highest BCUT2D eigenvalue weighted by Crippen LogP contribution is 2.33. The minimum absolute atomic E-state index is 0.292. The average Bonchev–Trinajstić information content (AvgIpc) is 2.93. The van der Waals surface area contributed by atoms with Crippen LogP contribution in [-0.2, 0) is 11.2 Å². The van der Waals surface area contributed by atoms with Crippen LogP contribution in [0.2, 0.25) is 5.02 Å². The van der Waals surface area contributed by atoms with Crippen molar-refractivity contribution in [2.45, 2.75) is 25.7 Å². The zero-order valence-electron chi connectivity index (χ0n) is 7.87. The van der Waals surface area contributed by atoms with E-state index in [2.05, 4.69) is 4.98 Å². The van der Waals surface area contributed by atoms with Crippen LogP contribution in [0.3, 0.4) is 0 Å². The van der Waals surface area contributed by atoms with E-state index in [9.17, 15) is 4.79 Å². The van der Waals surface area contributed by atoms with E-state index in [1.165, 1.54) is 12.8 Å². The summed E-state index contributed by atoms with van der Waals surface area (Å²) in [4.78, 5) is 15.4. The first kappa shape index (κ1) is 9.66. The zero-order chi connectivity index (χ0) is 9.97. The minimum atomic E-state index is 0.292. The van der Waals surface area contributed by atoms with Gasteiger partial charge in [0.25, 0.3) is 0 Å². The van der Waals surface area contributed by atoms with E-state index < -0.39 is 0 Å². The Bertz CT molecular complexity index is 347. The summed E-state index contributed by atoms with van der Waals surface area (Å²) >= 11 is 5.91. The van der Waals surface area contributed by atoms with E-state index >= 15 is 0 Å². The van der Waals surface area contributed by atoms with Gasteiger partial charge in [-0.15, -0.1) is 0 Å². The fourth-order valence-corrected chi connectivity index (χ4v) is 1.66. The van der Waals surface area contributed by atoms with E-state index in [1.54, 1.807) is 12.4 Å². The molecule has 0 saturated heterocycles. The summed E-state index contributed by atoms with van der Waals surface area (Å²) in [5, 5.41) is 0.594. The van der Waals surface area contributed by atoms with Crippen LogP contribution in [0.1, 0.15) is 24.8 Å². The molecule has 74 valence electrons. The molecule has 0 atom stereocenters. The number of Topliss-reactive ketones (excluding diaryl/α,β-unsaturated/α-hetero) is 1. The third-order valence-corrected chi connectivity index (χ3v) is 2.80. The highest BCUT2D eigenvalue weighted by Gasteiger charge is 2.24. The SMILES string of the molecule is O=C(Cc1ccncc1Cl)CC1CC1. The van der Waals surface area contributed by atoms with Crippen molar-refractivity contribution in [1.82, 2.24) is 4.98 Å². The van der Waals surface area contributed by atoms with Crippen molar-refractivity contribution in [3.8, 4) is 0 Å². The molecule has 1 heterocycles. The molecule has 0 radical (unpaired) electrons.